The van der Waals surface area contributed by atoms with Gasteiger partial charge in [-0.2, -0.15) is 9.40 Å². The van der Waals surface area contributed by atoms with Crippen molar-refractivity contribution in [2.24, 2.45) is 7.05 Å². The highest BCUT2D eigenvalue weighted by molar-refractivity contribution is 7.89. The fourth-order valence-electron chi connectivity index (χ4n) is 3.18. The molecular formula is C14H18F2N4O2S2. The lowest BCUT2D eigenvalue weighted by atomic mass is 10.2. The summed E-state index contributed by atoms with van der Waals surface area (Å²) >= 11 is 1.44. The third-order valence-corrected chi connectivity index (χ3v) is 6.99. The van der Waals surface area contributed by atoms with Gasteiger partial charge in [-0.15, -0.1) is 11.3 Å². The van der Waals surface area contributed by atoms with Crippen molar-refractivity contribution in [1.82, 2.24) is 19.1 Å². The largest absolute Gasteiger partial charge is 0.268 e. The smallest absolute Gasteiger partial charge is 0.255 e. The van der Waals surface area contributed by atoms with E-state index in [0.29, 0.717) is 18.5 Å². The van der Waals surface area contributed by atoms with E-state index in [1.165, 1.54) is 29.6 Å². The van der Waals surface area contributed by atoms with Crippen LogP contribution in [0.15, 0.2) is 10.4 Å². The molecule has 3 heterocycles. The number of sulfonamides is 1. The number of aromatic nitrogens is 3. The van der Waals surface area contributed by atoms with E-state index in [2.05, 4.69) is 10.1 Å². The van der Waals surface area contributed by atoms with Crippen molar-refractivity contribution in [3.63, 3.8) is 0 Å². The molecule has 0 spiro atoms. The fraction of sp³-hybridized carbons (Fsp3) is 0.571. The molecule has 2 aromatic rings. The Morgan fingerprint density at radius 3 is 2.67 bits per heavy atom. The molecule has 10 heteroatoms. The van der Waals surface area contributed by atoms with Gasteiger partial charge in [-0.05, 0) is 26.7 Å². The van der Waals surface area contributed by atoms with Gasteiger partial charge in [-0.3, -0.25) is 4.68 Å². The van der Waals surface area contributed by atoms with Crippen molar-refractivity contribution >= 4 is 21.4 Å². The molecule has 132 valence electrons. The molecule has 0 bridgehead atoms. The molecule has 0 amide bonds. The average Bonchev–Trinajstić information content (AvgIpc) is 3.16. The summed E-state index contributed by atoms with van der Waals surface area (Å²) in [5.41, 5.74) is 0.194. The van der Waals surface area contributed by atoms with Gasteiger partial charge in [0.05, 0.1) is 28.0 Å². The molecule has 2 aromatic heterocycles. The Morgan fingerprint density at radius 2 is 2.08 bits per heavy atom. The first-order valence-corrected chi connectivity index (χ1v) is 9.81. The molecule has 1 saturated heterocycles. The van der Waals surface area contributed by atoms with E-state index in [0.717, 1.165) is 9.69 Å². The van der Waals surface area contributed by atoms with E-state index in [9.17, 15) is 17.2 Å². The molecule has 0 N–H and O–H groups in total. The second-order valence-corrected chi connectivity index (χ2v) is 8.66. The van der Waals surface area contributed by atoms with Gasteiger partial charge >= 0.3 is 0 Å². The van der Waals surface area contributed by atoms with Crippen molar-refractivity contribution in [3.05, 3.63) is 27.3 Å². The Bertz CT molecular complexity index is 860. The Kier molecular flexibility index (Phi) is 4.47. The Morgan fingerprint density at radius 1 is 1.38 bits per heavy atom. The Balaban J connectivity index is 2.08. The van der Waals surface area contributed by atoms with Crippen LogP contribution in [-0.4, -0.2) is 34.0 Å². The number of rotatable bonds is 4. The lowest BCUT2D eigenvalue weighted by Crippen LogP contribution is -2.33. The van der Waals surface area contributed by atoms with Gasteiger partial charge in [-0.1, -0.05) is 0 Å². The predicted molar refractivity (Wildman–Crippen MR) is 85.6 cm³/mol. The van der Waals surface area contributed by atoms with Crippen LogP contribution in [-0.2, 0) is 17.1 Å². The van der Waals surface area contributed by atoms with Crippen LogP contribution in [0, 0.1) is 13.8 Å². The van der Waals surface area contributed by atoms with E-state index in [1.807, 2.05) is 12.3 Å². The van der Waals surface area contributed by atoms with Gasteiger partial charge in [-0.25, -0.2) is 22.2 Å². The van der Waals surface area contributed by atoms with Crippen LogP contribution in [0.4, 0.5) is 8.78 Å². The summed E-state index contributed by atoms with van der Waals surface area (Å²) in [6.07, 6.45) is -1.60. The molecule has 0 radical (unpaired) electrons. The predicted octanol–water partition coefficient (Wildman–Crippen LogP) is 2.96. The molecule has 1 atom stereocenters. The maximum Gasteiger partial charge on any atom is 0.268 e. The summed E-state index contributed by atoms with van der Waals surface area (Å²) in [6.45, 7) is 3.53. The molecule has 0 aliphatic carbocycles. The van der Waals surface area contributed by atoms with Crippen LogP contribution in [0.1, 0.15) is 47.3 Å². The van der Waals surface area contributed by atoms with E-state index in [1.54, 1.807) is 0 Å². The molecule has 0 saturated carbocycles. The minimum atomic E-state index is -4.09. The maximum atomic E-state index is 13.4. The zero-order valence-electron chi connectivity index (χ0n) is 13.5. The molecule has 6 nitrogen and oxygen atoms in total. The lowest BCUT2D eigenvalue weighted by molar-refractivity contribution is 0.146. The summed E-state index contributed by atoms with van der Waals surface area (Å²) in [7, 11) is -2.72. The third kappa shape index (κ3) is 2.76. The quantitative estimate of drug-likeness (QED) is 0.823. The normalized spacial score (nSPS) is 19.5. The first-order chi connectivity index (χ1) is 11.2. The number of hydrogen-bond donors (Lipinski definition) is 0. The molecule has 1 aliphatic heterocycles. The molecule has 1 fully saturated rings. The van der Waals surface area contributed by atoms with Crippen molar-refractivity contribution < 1.29 is 17.2 Å². The second-order valence-electron chi connectivity index (χ2n) is 5.79. The number of nitrogens with zero attached hydrogens (tertiary/aromatic N) is 4. The molecule has 1 aliphatic rings. The average molecular weight is 376 g/mol. The number of aryl methyl sites for hydroxylation is 3. The maximum absolute atomic E-state index is 13.4. The van der Waals surface area contributed by atoms with Crippen molar-refractivity contribution in [3.8, 4) is 0 Å². The number of hydrogen-bond acceptors (Lipinski definition) is 5. The van der Waals surface area contributed by atoms with Gasteiger partial charge in [0.25, 0.3) is 16.4 Å². The summed E-state index contributed by atoms with van der Waals surface area (Å²) in [6, 6.07) is -0.416. The summed E-state index contributed by atoms with van der Waals surface area (Å²) in [5, 5.41) is 6.14. The first kappa shape index (κ1) is 17.4. The van der Waals surface area contributed by atoms with Crippen LogP contribution in [0.25, 0.3) is 0 Å². The topological polar surface area (TPSA) is 68.1 Å². The molecular weight excluding hydrogens is 358 g/mol. The minimum Gasteiger partial charge on any atom is -0.255 e. The molecule has 0 aromatic carbocycles. The number of halogens is 2. The number of thiazole rings is 1. The Hall–Kier alpha value is -1.39. The van der Waals surface area contributed by atoms with Gasteiger partial charge in [0.1, 0.15) is 0 Å². The minimum absolute atomic E-state index is 0.0336. The van der Waals surface area contributed by atoms with E-state index in [4.69, 9.17) is 0 Å². The van der Waals surface area contributed by atoms with Crippen LogP contribution in [0.5, 0.6) is 0 Å². The monoisotopic (exact) mass is 376 g/mol. The number of alkyl halides is 2. The molecule has 0 unspecified atom stereocenters. The second kappa shape index (κ2) is 6.16. The zero-order valence-corrected chi connectivity index (χ0v) is 15.2. The van der Waals surface area contributed by atoms with E-state index in [-0.39, 0.29) is 12.2 Å². The molecule has 3 rings (SSSR count). The Labute approximate surface area is 143 Å². The van der Waals surface area contributed by atoms with Gasteiger partial charge in [0.2, 0.25) is 0 Å². The van der Waals surface area contributed by atoms with E-state index >= 15 is 0 Å². The summed E-state index contributed by atoms with van der Waals surface area (Å²) in [4.78, 5) is 4.38. The first-order valence-electron chi connectivity index (χ1n) is 7.49. The van der Waals surface area contributed by atoms with Crippen molar-refractivity contribution in [2.45, 2.75) is 44.2 Å². The lowest BCUT2D eigenvalue weighted by Gasteiger charge is -2.23. The standard InChI is InChI=1S/C14H18F2N4O2S2/c1-8-12(13(15)16)14(19(3)18-8)24(21,22)20-6-4-5-11(20)10-7-23-9(2)17-10/h7,11,13H,4-6H2,1-3H3/t11-/m1/s1. The highest BCUT2D eigenvalue weighted by Gasteiger charge is 2.41. The summed E-state index contributed by atoms with van der Waals surface area (Å²) < 4.78 is 55.3. The third-order valence-electron chi connectivity index (χ3n) is 4.17. The SMILES string of the molecule is Cc1nc([C@H]2CCCN2S(=O)(=O)c2c(C(F)F)c(C)nn2C)cs1. The van der Waals surface area contributed by atoms with E-state index < -0.39 is 33.1 Å². The van der Waals surface area contributed by atoms with Gasteiger partial charge in [0, 0.05) is 19.0 Å². The van der Waals surface area contributed by atoms with Crippen molar-refractivity contribution in [2.75, 3.05) is 6.54 Å². The fourth-order valence-corrected chi connectivity index (χ4v) is 5.87. The van der Waals surface area contributed by atoms with Gasteiger partial charge in [0.15, 0.2) is 5.03 Å². The van der Waals surface area contributed by atoms with Crippen LogP contribution in [0.3, 0.4) is 0 Å². The highest BCUT2D eigenvalue weighted by Crippen LogP contribution is 2.39. The molecule has 24 heavy (non-hydrogen) atoms. The van der Waals surface area contributed by atoms with Crippen molar-refractivity contribution in [1.29, 1.82) is 0 Å². The zero-order chi connectivity index (χ0) is 17.6. The highest BCUT2D eigenvalue weighted by atomic mass is 32.2. The summed E-state index contributed by atoms with van der Waals surface area (Å²) in [5.74, 6) is 0. The van der Waals surface area contributed by atoms with Gasteiger partial charge < -0.3 is 0 Å². The van der Waals surface area contributed by atoms with Crippen LogP contribution in [0.2, 0.25) is 0 Å². The van der Waals surface area contributed by atoms with Crippen LogP contribution < -0.4 is 0 Å². The van der Waals surface area contributed by atoms with Crippen LogP contribution >= 0.6 is 11.3 Å².